The zero-order chi connectivity index (χ0) is 52.9. The number of hydrogen-bond acceptors (Lipinski definition) is 15. The molecule has 2 aromatic carbocycles. The molecular weight excluding hydrogens is 943 g/mol. The number of fused-ring (bicyclic) bond motifs is 1. The number of carbonyl (C=O) groups excluding carboxylic acids is 6. The Kier molecular flexibility index (Phi) is 22.4. The van der Waals surface area contributed by atoms with Crippen LogP contribution in [0.3, 0.4) is 0 Å². The number of aromatic nitrogens is 4. The lowest BCUT2D eigenvalue weighted by Gasteiger charge is -2.32. The van der Waals surface area contributed by atoms with Crippen molar-refractivity contribution >= 4 is 58.3 Å². The maximum Gasteiger partial charge on any atom is 0.408 e. The zero-order valence-corrected chi connectivity index (χ0v) is 42.6. The van der Waals surface area contributed by atoms with Crippen molar-refractivity contribution in [3.05, 3.63) is 75.7 Å². The van der Waals surface area contributed by atoms with Crippen LogP contribution in [0.15, 0.2) is 53.3 Å². The van der Waals surface area contributed by atoms with Crippen LogP contribution in [0.1, 0.15) is 103 Å². The van der Waals surface area contributed by atoms with E-state index in [2.05, 4.69) is 75.6 Å². The Hall–Kier alpha value is -7.11. The van der Waals surface area contributed by atoms with Gasteiger partial charge < -0.3 is 52.1 Å². The number of nitrogens with one attached hydrogen (secondary N) is 7. The summed E-state index contributed by atoms with van der Waals surface area (Å²) in [6.45, 7) is 12.2. The van der Waals surface area contributed by atoms with Crippen LogP contribution < -0.4 is 54.0 Å². The predicted octanol–water partition coefficient (Wildman–Crippen LogP) is 2.72. The van der Waals surface area contributed by atoms with Gasteiger partial charge in [-0.15, -0.1) is 0 Å². The zero-order valence-electron chi connectivity index (χ0n) is 42.6. The molecule has 398 valence electrons. The van der Waals surface area contributed by atoms with Crippen molar-refractivity contribution in [1.82, 2.24) is 51.0 Å². The molecule has 1 fully saturated rings. The topological polar surface area (TPSA) is 321 Å². The highest BCUT2D eigenvalue weighted by atomic mass is 16.6. The van der Waals surface area contributed by atoms with E-state index in [0.717, 1.165) is 62.9 Å². The largest absolute Gasteiger partial charge is 0.463 e. The number of piperidine rings is 1. The van der Waals surface area contributed by atoms with Crippen LogP contribution in [0.5, 0.6) is 6.01 Å². The Morgan fingerprint density at radius 2 is 1.51 bits per heavy atom. The number of ether oxygens (including phenoxy) is 2. The number of unbranched alkanes of at least 4 members (excludes halogenated alkanes) is 2. The number of nitrogens with two attached hydrogens (primary N) is 2. The third-order valence-corrected chi connectivity index (χ3v) is 12.4. The van der Waals surface area contributed by atoms with E-state index in [1.54, 1.807) is 38.1 Å². The van der Waals surface area contributed by atoms with Gasteiger partial charge in [0.2, 0.25) is 29.5 Å². The third kappa shape index (κ3) is 18.5. The summed E-state index contributed by atoms with van der Waals surface area (Å²) in [5, 5.41) is 16.4. The van der Waals surface area contributed by atoms with E-state index in [1.807, 2.05) is 12.1 Å². The van der Waals surface area contributed by atoms with Gasteiger partial charge >= 0.3 is 17.8 Å². The van der Waals surface area contributed by atoms with Crippen LogP contribution in [-0.2, 0) is 53.2 Å². The predicted molar refractivity (Wildman–Crippen MR) is 273 cm³/mol. The average Bonchev–Trinajstić information content (AvgIpc) is 3.67. The SMILES string of the molecule is CCCCOc1nc(N)c2[nH]c(=O)n(Cc3ccc(CN4CCC(CCNC(=O)[C@H](CCCCNC(=O)CON)NC(=O)OCc5ccc(NC(=O)[C@H](C)NC(=O)[C@@H](NC(C)=O)C(C)C)cc5)CC4)cc3)c2n1. The molecule has 0 spiro atoms. The number of benzene rings is 2. The van der Waals surface area contributed by atoms with Gasteiger partial charge in [0.05, 0.1) is 13.2 Å². The van der Waals surface area contributed by atoms with Gasteiger partial charge in [-0.25, -0.2) is 15.5 Å². The second kappa shape index (κ2) is 28.8. The van der Waals surface area contributed by atoms with Gasteiger partial charge in [0.15, 0.2) is 11.5 Å². The number of nitrogens with zero attached hydrogens (tertiary/aromatic N) is 4. The Morgan fingerprint density at radius 3 is 2.16 bits per heavy atom. The van der Waals surface area contributed by atoms with Crippen molar-refractivity contribution in [1.29, 1.82) is 0 Å². The van der Waals surface area contributed by atoms with Crippen LogP contribution in [0.2, 0.25) is 0 Å². The van der Waals surface area contributed by atoms with Gasteiger partial charge in [0.1, 0.15) is 36.9 Å². The number of hydrogen-bond donors (Lipinski definition) is 9. The number of nitrogen functional groups attached to an aromatic ring is 1. The number of H-pyrrole nitrogens is 1. The number of likely N-dealkylation sites (tertiary alicyclic amines) is 1. The lowest BCUT2D eigenvalue weighted by Crippen LogP contribution is -2.53. The summed E-state index contributed by atoms with van der Waals surface area (Å²) >= 11 is 0. The summed E-state index contributed by atoms with van der Waals surface area (Å²) in [5.41, 5.74) is 9.71. The maximum atomic E-state index is 13.5. The Balaban J connectivity index is 1.05. The van der Waals surface area contributed by atoms with Gasteiger partial charge in [-0.05, 0) is 106 Å². The molecule has 4 aromatic rings. The number of carbonyl (C=O) groups is 6. The molecule has 23 nitrogen and oxygen atoms in total. The van der Waals surface area contributed by atoms with Crippen molar-refractivity contribution in [3.8, 4) is 6.01 Å². The molecule has 0 unspecified atom stereocenters. The first-order chi connectivity index (χ1) is 35.0. The minimum Gasteiger partial charge on any atom is -0.463 e. The van der Waals surface area contributed by atoms with E-state index in [4.69, 9.17) is 21.1 Å². The highest BCUT2D eigenvalue weighted by Crippen LogP contribution is 2.23. The molecule has 2 aromatic heterocycles. The first-order valence-electron chi connectivity index (χ1n) is 25.0. The summed E-state index contributed by atoms with van der Waals surface area (Å²) < 4.78 is 12.7. The third-order valence-electron chi connectivity index (χ3n) is 12.4. The normalized spacial score (nSPS) is 14.2. The van der Waals surface area contributed by atoms with Crippen LogP contribution in [-0.4, -0.2) is 118 Å². The van der Waals surface area contributed by atoms with Crippen LogP contribution in [0.4, 0.5) is 16.3 Å². The average molecular weight is 1020 g/mol. The monoisotopic (exact) mass is 1020 g/mol. The fourth-order valence-electron chi connectivity index (χ4n) is 8.18. The van der Waals surface area contributed by atoms with Crippen molar-refractivity contribution in [2.75, 3.05) is 50.4 Å². The van der Waals surface area contributed by atoms with E-state index < -0.39 is 36.0 Å². The first kappa shape index (κ1) is 56.8. The molecule has 0 aliphatic carbocycles. The summed E-state index contributed by atoms with van der Waals surface area (Å²) in [4.78, 5) is 106. The molecule has 6 amide bonds. The molecular formula is C50H73N13O10. The maximum absolute atomic E-state index is 13.5. The number of amides is 6. The molecule has 73 heavy (non-hydrogen) atoms. The molecule has 0 saturated carbocycles. The minimum absolute atomic E-state index is 0.114. The number of aromatic amines is 1. The van der Waals surface area contributed by atoms with E-state index in [0.29, 0.717) is 73.8 Å². The number of rotatable bonds is 28. The van der Waals surface area contributed by atoms with Crippen LogP contribution in [0, 0.1) is 11.8 Å². The lowest BCUT2D eigenvalue weighted by atomic mass is 9.93. The molecule has 5 rings (SSSR count). The van der Waals surface area contributed by atoms with E-state index in [9.17, 15) is 33.6 Å². The molecule has 23 heteroatoms. The van der Waals surface area contributed by atoms with Gasteiger partial charge in [0.25, 0.3) is 0 Å². The van der Waals surface area contributed by atoms with Crippen LogP contribution >= 0.6 is 0 Å². The van der Waals surface area contributed by atoms with E-state index in [-0.39, 0.29) is 54.4 Å². The minimum atomic E-state index is -0.893. The molecule has 1 saturated heterocycles. The molecule has 1 aliphatic heterocycles. The molecule has 1 aliphatic rings. The van der Waals surface area contributed by atoms with Crippen molar-refractivity contribution in [3.63, 3.8) is 0 Å². The highest BCUT2D eigenvalue weighted by molar-refractivity contribution is 5.98. The van der Waals surface area contributed by atoms with Gasteiger partial charge in [-0.1, -0.05) is 63.6 Å². The Bertz CT molecular complexity index is 2510. The summed E-state index contributed by atoms with van der Waals surface area (Å²) in [6, 6.07) is 12.3. The first-order valence-corrected chi connectivity index (χ1v) is 25.0. The van der Waals surface area contributed by atoms with Gasteiger partial charge in [-0.2, -0.15) is 9.97 Å². The quantitative estimate of drug-likeness (QED) is 0.0292. The summed E-state index contributed by atoms with van der Waals surface area (Å²) in [6.07, 6.45) is 5.07. The molecule has 3 atom stereocenters. The van der Waals surface area contributed by atoms with Crippen LogP contribution in [0.25, 0.3) is 11.2 Å². The number of anilines is 2. The lowest BCUT2D eigenvalue weighted by molar-refractivity contribution is -0.131. The molecule has 11 N–H and O–H groups in total. The van der Waals surface area contributed by atoms with E-state index >= 15 is 0 Å². The fourth-order valence-corrected chi connectivity index (χ4v) is 8.18. The van der Waals surface area contributed by atoms with Gasteiger partial charge in [0, 0.05) is 32.2 Å². The molecule has 0 bridgehead atoms. The molecule has 3 heterocycles. The Morgan fingerprint density at radius 1 is 0.822 bits per heavy atom. The fraction of sp³-hybridized carbons (Fsp3) is 0.540. The smallest absolute Gasteiger partial charge is 0.408 e. The van der Waals surface area contributed by atoms with E-state index in [1.165, 1.54) is 18.4 Å². The van der Waals surface area contributed by atoms with Crippen molar-refractivity contribution < 1.29 is 43.1 Å². The molecule has 0 radical (unpaired) electrons. The summed E-state index contributed by atoms with van der Waals surface area (Å²) in [5.74, 6) is 3.35. The van der Waals surface area contributed by atoms with Crippen molar-refractivity contribution in [2.45, 2.75) is 124 Å². The summed E-state index contributed by atoms with van der Waals surface area (Å²) in [7, 11) is 0. The number of alkyl carbamates (subject to hydrolysis) is 1. The van der Waals surface area contributed by atoms with Gasteiger partial charge in [-0.3, -0.25) is 38.3 Å². The second-order valence-electron chi connectivity index (χ2n) is 18.7. The highest BCUT2D eigenvalue weighted by Gasteiger charge is 2.27. The van der Waals surface area contributed by atoms with Crippen molar-refractivity contribution in [2.24, 2.45) is 17.7 Å². The standard InChI is InChI=1S/C50H73N13O10/c1-6-7-26-71-48-60-43(51)42-44(61-48)63(49(69)59-42)28-36-13-11-35(12-14-36)27-62-24-20-34(21-25-62)19-23-54-46(67)39(10-8-9-22-53-40(65)30-73-52)58-50(70)72-29-37-15-17-38(18-16-37)57-45(66)32(4)55-47(68)41(31(2)3)56-33(5)64/h11-18,31-32,34,39,41H,6-10,19-30,52H2,1-5H3,(H,53,65)(H,54,67)(H,55,68)(H,56,64)(H,57,66)(H,58,70)(H,59,69)(H2,51,60,61)/t32-,39-,41-/m0/s1. The Labute approximate surface area is 425 Å². The second-order valence-corrected chi connectivity index (χ2v) is 18.7. The number of imidazole rings is 1.